The molecule has 34 heavy (non-hydrogen) atoms. The fourth-order valence-corrected chi connectivity index (χ4v) is 6.26. The third-order valence-corrected chi connectivity index (χ3v) is 8.01. The van der Waals surface area contributed by atoms with Gasteiger partial charge in [0.2, 0.25) is 0 Å². The van der Waals surface area contributed by atoms with Crippen LogP contribution < -0.4 is 11.0 Å². The summed E-state index contributed by atoms with van der Waals surface area (Å²) in [6.07, 6.45) is 5.82. The van der Waals surface area contributed by atoms with Gasteiger partial charge in [-0.25, -0.2) is 10.4 Å². The molecule has 1 N–H and O–H groups in total. The second-order valence-corrected chi connectivity index (χ2v) is 10.2. The van der Waals surface area contributed by atoms with Crippen LogP contribution in [0.4, 0.5) is 0 Å². The van der Waals surface area contributed by atoms with Crippen molar-refractivity contribution in [3.8, 4) is 5.69 Å². The number of thiophene rings is 1. The average molecular weight is 489 g/mol. The van der Waals surface area contributed by atoms with Crippen LogP contribution in [0.3, 0.4) is 0 Å². The zero-order valence-corrected chi connectivity index (χ0v) is 20.4. The number of para-hydroxylation sites is 1. The highest BCUT2D eigenvalue weighted by molar-refractivity contribution is 7.99. The lowest BCUT2D eigenvalue weighted by atomic mass is 9.97. The summed E-state index contributed by atoms with van der Waals surface area (Å²) in [5.41, 5.74) is 6.45. The molecule has 1 aliphatic rings. The molecule has 0 atom stereocenters. The van der Waals surface area contributed by atoms with Crippen LogP contribution in [-0.2, 0) is 17.6 Å². The Morgan fingerprint density at radius 2 is 1.91 bits per heavy atom. The molecule has 6 nitrogen and oxygen atoms in total. The summed E-state index contributed by atoms with van der Waals surface area (Å²) >= 11 is 2.86. The Hall–Kier alpha value is -3.23. The first-order valence-electron chi connectivity index (χ1n) is 11.2. The minimum atomic E-state index is -0.255. The Balaban J connectivity index is 1.42. The molecule has 0 unspecified atom stereocenters. The monoisotopic (exact) mass is 488 g/mol. The molecule has 0 bridgehead atoms. The number of aryl methyl sites for hydroxylation is 3. The minimum Gasteiger partial charge on any atom is -0.272 e. The summed E-state index contributed by atoms with van der Waals surface area (Å²) in [5, 5.41) is 5.33. The van der Waals surface area contributed by atoms with E-state index >= 15 is 0 Å². The number of thioether (sulfide) groups is 1. The Labute approximate surface area is 205 Å². The number of hydrogen-bond acceptors (Lipinski definition) is 6. The van der Waals surface area contributed by atoms with Gasteiger partial charge < -0.3 is 0 Å². The number of nitrogens with zero attached hydrogens (tertiary/aromatic N) is 3. The van der Waals surface area contributed by atoms with E-state index in [2.05, 4.69) is 10.5 Å². The molecular formula is C26H24N4O2S2. The average Bonchev–Trinajstić information content (AvgIpc) is 3.23. The minimum absolute atomic E-state index is 0.0592. The topological polar surface area (TPSA) is 76.3 Å². The van der Waals surface area contributed by atoms with Crippen LogP contribution in [0.5, 0.6) is 0 Å². The standard InChI is InChI=1S/C26H24N4O2S2/c1-17-9-5-6-10-18(17)15-27-29-22(31)16-33-26-28-24-23(20-13-7-8-14-21(20)34-24)25(32)30(26)19-11-3-2-4-12-19/h2-6,9-12,15H,7-8,13-14,16H2,1H3,(H,29,31)/b27-15+. The van der Waals surface area contributed by atoms with Crippen molar-refractivity contribution in [2.75, 3.05) is 5.75 Å². The summed E-state index contributed by atoms with van der Waals surface area (Å²) < 4.78 is 1.64. The van der Waals surface area contributed by atoms with Crippen molar-refractivity contribution in [3.63, 3.8) is 0 Å². The molecule has 0 radical (unpaired) electrons. The van der Waals surface area contributed by atoms with Crippen LogP contribution in [-0.4, -0.2) is 27.4 Å². The lowest BCUT2D eigenvalue weighted by Crippen LogP contribution is -2.24. The maximum Gasteiger partial charge on any atom is 0.267 e. The van der Waals surface area contributed by atoms with Gasteiger partial charge in [-0.15, -0.1) is 11.3 Å². The predicted octanol–water partition coefficient (Wildman–Crippen LogP) is 4.88. The molecule has 4 aromatic rings. The van der Waals surface area contributed by atoms with E-state index in [0.717, 1.165) is 58.3 Å². The zero-order valence-electron chi connectivity index (χ0n) is 18.8. The van der Waals surface area contributed by atoms with Crippen molar-refractivity contribution in [2.45, 2.75) is 37.8 Å². The van der Waals surface area contributed by atoms with Crippen molar-refractivity contribution in [2.24, 2.45) is 5.10 Å². The SMILES string of the molecule is Cc1ccccc1/C=N/NC(=O)CSc1nc2sc3c(c2c(=O)n1-c1ccccc1)CCCC3. The maximum atomic E-state index is 13.7. The number of hydrazone groups is 1. The molecule has 2 heterocycles. The zero-order chi connectivity index (χ0) is 23.5. The van der Waals surface area contributed by atoms with Gasteiger partial charge in [-0.3, -0.25) is 14.2 Å². The van der Waals surface area contributed by atoms with Crippen LogP contribution in [0.25, 0.3) is 15.9 Å². The van der Waals surface area contributed by atoms with Gasteiger partial charge in [-0.05, 0) is 61.4 Å². The maximum absolute atomic E-state index is 13.7. The number of fused-ring (bicyclic) bond motifs is 3. The molecule has 0 fully saturated rings. The first-order chi connectivity index (χ1) is 16.6. The van der Waals surface area contributed by atoms with Crippen molar-refractivity contribution in [1.82, 2.24) is 15.0 Å². The largest absolute Gasteiger partial charge is 0.272 e. The van der Waals surface area contributed by atoms with E-state index < -0.39 is 0 Å². The molecule has 0 aliphatic heterocycles. The van der Waals surface area contributed by atoms with Crippen molar-refractivity contribution in [3.05, 3.63) is 86.5 Å². The molecule has 1 amide bonds. The van der Waals surface area contributed by atoms with E-state index in [1.807, 2.05) is 61.5 Å². The number of rotatable bonds is 6. The van der Waals surface area contributed by atoms with E-state index in [1.54, 1.807) is 22.1 Å². The van der Waals surface area contributed by atoms with Crippen LogP contribution in [0.1, 0.15) is 34.4 Å². The summed E-state index contributed by atoms with van der Waals surface area (Å²) in [5.74, 6) is -0.157. The quantitative estimate of drug-likeness (QED) is 0.182. The smallest absolute Gasteiger partial charge is 0.267 e. The van der Waals surface area contributed by atoms with Gasteiger partial charge in [0.15, 0.2) is 5.16 Å². The van der Waals surface area contributed by atoms with Gasteiger partial charge in [-0.1, -0.05) is 54.2 Å². The summed E-state index contributed by atoms with van der Waals surface area (Å²) in [7, 11) is 0. The highest BCUT2D eigenvalue weighted by atomic mass is 32.2. The fraction of sp³-hybridized carbons (Fsp3) is 0.231. The molecular weight excluding hydrogens is 464 g/mol. The second kappa shape index (κ2) is 9.95. The van der Waals surface area contributed by atoms with E-state index in [4.69, 9.17) is 4.98 Å². The molecule has 0 spiro atoms. The van der Waals surface area contributed by atoms with Crippen LogP contribution in [0, 0.1) is 6.92 Å². The van der Waals surface area contributed by atoms with Crippen molar-refractivity contribution >= 4 is 45.4 Å². The molecule has 0 saturated carbocycles. The number of amides is 1. The van der Waals surface area contributed by atoms with E-state index in [-0.39, 0.29) is 17.2 Å². The predicted molar refractivity (Wildman–Crippen MR) is 139 cm³/mol. The van der Waals surface area contributed by atoms with Crippen molar-refractivity contribution < 1.29 is 4.79 Å². The normalized spacial score (nSPS) is 13.3. The fourth-order valence-electron chi connectivity index (χ4n) is 4.16. The number of benzene rings is 2. The van der Waals surface area contributed by atoms with E-state index in [0.29, 0.717) is 5.16 Å². The number of aromatic nitrogens is 2. The Bertz CT molecular complexity index is 1440. The van der Waals surface area contributed by atoms with Gasteiger partial charge in [0.05, 0.1) is 23.0 Å². The van der Waals surface area contributed by atoms with E-state index in [1.165, 1.54) is 16.6 Å². The lowest BCUT2D eigenvalue weighted by molar-refractivity contribution is -0.118. The Kier molecular flexibility index (Phi) is 6.60. The third kappa shape index (κ3) is 4.56. The van der Waals surface area contributed by atoms with E-state index in [9.17, 15) is 9.59 Å². The van der Waals surface area contributed by atoms with Gasteiger partial charge in [0.1, 0.15) is 4.83 Å². The molecule has 2 aromatic carbocycles. The second-order valence-electron chi connectivity index (χ2n) is 8.20. The molecule has 1 aliphatic carbocycles. The molecule has 0 saturated heterocycles. The highest BCUT2D eigenvalue weighted by Crippen LogP contribution is 2.35. The van der Waals surface area contributed by atoms with Crippen molar-refractivity contribution in [1.29, 1.82) is 0 Å². The Morgan fingerprint density at radius 3 is 2.74 bits per heavy atom. The van der Waals surface area contributed by atoms with Gasteiger partial charge >= 0.3 is 0 Å². The van der Waals surface area contributed by atoms with Gasteiger partial charge in [0.25, 0.3) is 11.5 Å². The third-order valence-electron chi connectivity index (χ3n) is 5.89. The summed E-state index contributed by atoms with van der Waals surface area (Å²) in [6, 6.07) is 17.3. The van der Waals surface area contributed by atoms with Gasteiger partial charge in [-0.2, -0.15) is 5.10 Å². The molecule has 8 heteroatoms. The van der Waals surface area contributed by atoms with Crippen LogP contribution in [0.15, 0.2) is 69.6 Å². The number of hydrogen-bond donors (Lipinski definition) is 1. The summed E-state index contributed by atoms with van der Waals surface area (Å²) in [6.45, 7) is 1.99. The Morgan fingerprint density at radius 1 is 1.15 bits per heavy atom. The van der Waals surface area contributed by atoms with Crippen LogP contribution >= 0.6 is 23.1 Å². The number of carbonyl (C=O) groups is 1. The molecule has 5 rings (SSSR count). The first kappa shape index (κ1) is 22.6. The van der Waals surface area contributed by atoms with Gasteiger partial charge in [0, 0.05) is 4.88 Å². The molecule has 2 aromatic heterocycles. The summed E-state index contributed by atoms with van der Waals surface area (Å²) in [4.78, 5) is 33.1. The highest BCUT2D eigenvalue weighted by Gasteiger charge is 2.23. The molecule has 172 valence electrons. The number of carbonyl (C=O) groups excluding carboxylic acids is 1. The number of nitrogens with one attached hydrogen (secondary N) is 1. The first-order valence-corrected chi connectivity index (χ1v) is 13.0. The van der Waals surface area contributed by atoms with Crippen LogP contribution in [0.2, 0.25) is 0 Å². The lowest BCUT2D eigenvalue weighted by Gasteiger charge is -2.13.